The summed E-state index contributed by atoms with van der Waals surface area (Å²) in [4.78, 5) is 48.7. The number of piperidine rings is 3. The van der Waals surface area contributed by atoms with Crippen LogP contribution in [0.1, 0.15) is 68.1 Å². The Kier molecular flexibility index (Phi) is 10.9. The van der Waals surface area contributed by atoms with Crippen molar-refractivity contribution in [3.63, 3.8) is 0 Å². The van der Waals surface area contributed by atoms with Crippen LogP contribution in [0.3, 0.4) is 0 Å². The number of amides is 4. The number of anilines is 1. The molecular formula is C36H45ClF3N5O4. The lowest BCUT2D eigenvalue weighted by Crippen LogP contribution is -2.51. The van der Waals surface area contributed by atoms with Gasteiger partial charge in [-0.2, -0.15) is 13.2 Å². The van der Waals surface area contributed by atoms with E-state index in [4.69, 9.17) is 11.6 Å². The molecule has 4 aliphatic rings. The third-order valence-corrected chi connectivity index (χ3v) is 11.1. The first kappa shape index (κ1) is 35.3. The molecule has 0 radical (unpaired) electrons. The third-order valence-electron chi connectivity index (χ3n) is 10.8. The first-order valence-electron chi connectivity index (χ1n) is 17.5. The molecule has 0 spiro atoms. The summed E-state index contributed by atoms with van der Waals surface area (Å²) >= 11 is 6.02. The van der Waals surface area contributed by atoms with Crippen molar-refractivity contribution in [2.45, 2.75) is 82.5 Å². The molecule has 0 aliphatic carbocycles. The Hall–Kier alpha value is -3.51. The Morgan fingerprint density at radius 2 is 1.55 bits per heavy atom. The number of alkyl halides is 3. The van der Waals surface area contributed by atoms with Crippen molar-refractivity contribution in [3.8, 4) is 5.75 Å². The van der Waals surface area contributed by atoms with Gasteiger partial charge >= 0.3 is 12.2 Å². The van der Waals surface area contributed by atoms with E-state index in [1.165, 1.54) is 25.3 Å². The predicted octanol–water partition coefficient (Wildman–Crippen LogP) is 6.17. The first-order chi connectivity index (χ1) is 23.5. The summed E-state index contributed by atoms with van der Waals surface area (Å²) < 4.78 is 41.2. The highest BCUT2D eigenvalue weighted by atomic mass is 35.5. The van der Waals surface area contributed by atoms with Crippen LogP contribution in [0, 0.1) is 5.92 Å². The summed E-state index contributed by atoms with van der Waals surface area (Å²) in [6.45, 7) is 4.57. The topological polar surface area (TPSA) is 96.4 Å². The van der Waals surface area contributed by atoms with E-state index in [0.29, 0.717) is 51.6 Å². The Labute approximate surface area is 290 Å². The molecule has 2 N–H and O–H groups in total. The van der Waals surface area contributed by atoms with Crippen molar-refractivity contribution in [2.75, 3.05) is 51.1 Å². The highest BCUT2D eigenvalue weighted by Crippen LogP contribution is 2.41. The summed E-state index contributed by atoms with van der Waals surface area (Å²) in [7, 11) is 0. The van der Waals surface area contributed by atoms with Crippen LogP contribution in [-0.2, 0) is 28.6 Å². The molecule has 0 bridgehead atoms. The molecule has 266 valence electrons. The molecule has 13 heteroatoms. The van der Waals surface area contributed by atoms with Gasteiger partial charge in [-0.1, -0.05) is 36.2 Å². The SMILES string of the molecule is O=C(C[C@@H](Cc1cc(Cl)c(O)c(C(F)(F)F)c1)C(=O)N1CCC(N2CCCCC2)CC1)N1CCC(N2CCc3ccccc3NC2=O)CC1. The van der Waals surface area contributed by atoms with E-state index in [0.717, 1.165) is 49.7 Å². The molecule has 9 nitrogen and oxygen atoms in total. The maximum atomic E-state index is 14.0. The second kappa shape index (κ2) is 15.2. The number of phenolic OH excluding ortho intramolecular Hbond substituents is 1. The standard InChI is InChI=1S/C36H45ClF3N5O4/c37-30-22-24(21-29(33(30)47)36(38,39)40)20-26(34(48)44-17-9-27(10-18-44)42-13-4-1-5-14-42)23-32(46)43-15-11-28(12-16-43)45-19-8-25-6-2-3-7-31(25)41-35(45)49/h2-3,6-7,21-22,26-28,47H,1,4-5,8-20,23H2,(H,41,49)/t26-/m1/s1. The van der Waals surface area contributed by atoms with Crippen molar-refractivity contribution < 1.29 is 32.7 Å². The molecule has 0 unspecified atom stereocenters. The molecule has 4 amide bonds. The highest BCUT2D eigenvalue weighted by Gasteiger charge is 2.38. The lowest BCUT2D eigenvalue weighted by molar-refractivity contribution is -0.143. The fourth-order valence-corrected chi connectivity index (χ4v) is 8.26. The molecule has 2 aromatic carbocycles. The van der Waals surface area contributed by atoms with Crippen LogP contribution in [0.25, 0.3) is 0 Å². The number of carbonyl (C=O) groups excluding carboxylic acids is 3. The van der Waals surface area contributed by atoms with Crippen molar-refractivity contribution in [1.29, 1.82) is 0 Å². The van der Waals surface area contributed by atoms with Gasteiger partial charge in [0.1, 0.15) is 5.75 Å². The van der Waals surface area contributed by atoms with Crippen LogP contribution in [0.15, 0.2) is 36.4 Å². The number of hydrogen-bond donors (Lipinski definition) is 2. The lowest BCUT2D eigenvalue weighted by atomic mass is 9.91. The van der Waals surface area contributed by atoms with E-state index in [2.05, 4.69) is 10.2 Å². The molecule has 0 saturated carbocycles. The van der Waals surface area contributed by atoms with E-state index in [-0.39, 0.29) is 42.3 Å². The molecule has 3 saturated heterocycles. The van der Waals surface area contributed by atoms with Gasteiger partial charge in [-0.25, -0.2) is 4.79 Å². The number of nitrogens with one attached hydrogen (secondary N) is 1. The van der Waals surface area contributed by atoms with E-state index in [1.54, 1.807) is 9.80 Å². The van der Waals surface area contributed by atoms with E-state index in [9.17, 15) is 32.7 Å². The Bertz CT molecular complexity index is 1520. The predicted molar refractivity (Wildman–Crippen MR) is 180 cm³/mol. The van der Waals surface area contributed by atoms with Gasteiger partial charge in [0.2, 0.25) is 11.8 Å². The Balaban J connectivity index is 1.12. The smallest absolute Gasteiger partial charge is 0.420 e. The van der Waals surface area contributed by atoms with Gasteiger partial charge in [-0.15, -0.1) is 0 Å². The van der Waals surface area contributed by atoms with Gasteiger partial charge in [-0.3, -0.25) is 9.59 Å². The minimum atomic E-state index is -4.84. The largest absolute Gasteiger partial charge is 0.506 e. The van der Waals surface area contributed by atoms with Crippen LogP contribution in [0.5, 0.6) is 5.75 Å². The molecule has 4 heterocycles. The highest BCUT2D eigenvalue weighted by molar-refractivity contribution is 6.32. The number of likely N-dealkylation sites (tertiary alicyclic amines) is 3. The van der Waals surface area contributed by atoms with Gasteiger partial charge in [0, 0.05) is 56.9 Å². The van der Waals surface area contributed by atoms with Crippen molar-refractivity contribution in [2.24, 2.45) is 5.92 Å². The van der Waals surface area contributed by atoms with E-state index >= 15 is 0 Å². The number of carbonyl (C=O) groups is 3. The monoisotopic (exact) mass is 703 g/mol. The number of urea groups is 1. The normalized spacial score (nSPS) is 20.8. The number of para-hydroxylation sites is 1. The molecule has 6 rings (SSSR count). The van der Waals surface area contributed by atoms with Gasteiger partial charge in [0.15, 0.2) is 0 Å². The summed E-state index contributed by atoms with van der Waals surface area (Å²) in [5.41, 5.74) is 0.759. The minimum absolute atomic E-state index is 0.0445. The number of rotatable bonds is 7. The average molecular weight is 704 g/mol. The summed E-state index contributed by atoms with van der Waals surface area (Å²) in [5, 5.41) is 12.6. The molecule has 1 atom stereocenters. The number of nitrogens with zero attached hydrogens (tertiary/aromatic N) is 4. The molecule has 3 fully saturated rings. The fourth-order valence-electron chi connectivity index (χ4n) is 8.02. The maximum absolute atomic E-state index is 14.0. The van der Waals surface area contributed by atoms with E-state index in [1.807, 2.05) is 29.2 Å². The maximum Gasteiger partial charge on any atom is 0.420 e. The molecular weight excluding hydrogens is 659 g/mol. The second-order valence-electron chi connectivity index (χ2n) is 13.9. The molecule has 49 heavy (non-hydrogen) atoms. The first-order valence-corrected chi connectivity index (χ1v) is 17.9. The van der Waals surface area contributed by atoms with Crippen LogP contribution >= 0.6 is 11.6 Å². The van der Waals surface area contributed by atoms with Crippen molar-refractivity contribution >= 4 is 35.1 Å². The zero-order valence-corrected chi connectivity index (χ0v) is 28.4. The number of hydrogen-bond acceptors (Lipinski definition) is 5. The van der Waals surface area contributed by atoms with Gasteiger partial charge in [0.05, 0.1) is 16.5 Å². The minimum Gasteiger partial charge on any atom is -0.506 e. The number of aromatic hydroxyl groups is 1. The van der Waals surface area contributed by atoms with Crippen molar-refractivity contribution in [1.82, 2.24) is 19.6 Å². The zero-order valence-electron chi connectivity index (χ0n) is 27.7. The number of halogens is 4. The van der Waals surface area contributed by atoms with Crippen LogP contribution in [0.2, 0.25) is 5.02 Å². The summed E-state index contributed by atoms with van der Waals surface area (Å²) in [6, 6.07) is 10.0. The molecule has 0 aromatic heterocycles. The Morgan fingerprint density at radius 1 is 0.898 bits per heavy atom. The summed E-state index contributed by atoms with van der Waals surface area (Å²) in [5.74, 6) is -2.44. The van der Waals surface area contributed by atoms with Gasteiger partial charge < -0.3 is 30.0 Å². The van der Waals surface area contributed by atoms with Gasteiger partial charge in [0.25, 0.3) is 0 Å². The Morgan fingerprint density at radius 3 is 2.24 bits per heavy atom. The number of benzene rings is 2. The zero-order chi connectivity index (χ0) is 34.7. The van der Waals surface area contributed by atoms with Crippen molar-refractivity contribution in [3.05, 3.63) is 58.1 Å². The third kappa shape index (κ3) is 8.28. The summed E-state index contributed by atoms with van der Waals surface area (Å²) in [6.07, 6.45) is 2.00. The lowest BCUT2D eigenvalue weighted by Gasteiger charge is -2.41. The quantitative estimate of drug-likeness (QED) is 0.360. The van der Waals surface area contributed by atoms with Crippen LogP contribution < -0.4 is 5.32 Å². The number of fused-ring (bicyclic) bond motifs is 1. The fraction of sp³-hybridized carbons (Fsp3) is 0.583. The van der Waals surface area contributed by atoms with E-state index < -0.39 is 28.4 Å². The second-order valence-corrected chi connectivity index (χ2v) is 14.3. The molecule has 4 aliphatic heterocycles. The molecule has 2 aromatic rings. The van der Waals surface area contributed by atoms with Crippen LogP contribution in [-0.4, -0.2) is 100 Å². The average Bonchev–Trinajstić information content (AvgIpc) is 3.27. The number of phenols is 1. The van der Waals surface area contributed by atoms with Gasteiger partial charge in [-0.05, 0) is 93.8 Å². The van der Waals surface area contributed by atoms with Crippen LogP contribution in [0.4, 0.5) is 23.7 Å².